The molecule has 39 heavy (non-hydrogen) atoms. The van der Waals surface area contributed by atoms with E-state index in [2.05, 4.69) is 10.6 Å². The first kappa shape index (κ1) is 25.6. The number of benzene rings is 2. The second-order valence-electron chi connectivity index (χ2n) is 10.9. The number of hydrogen-bond acceptors (Lipinski definition) is 5. The van der Waals surface area contributed by atoms with Gasteiger partial charge in [-0.05, 0) is 42.7 Å². The fourth-order valence-corrected chi connectivity index (χ4v) is 6.68. The molecule has 0 radical (unpaired) electrons. The molecular formula is C30H32FN3O5. The average Bonchev–Trinajstić information content (AvgIpc) is 3.58. The highest BCUT2D eigenvalue weighted by molar-refractivity contribution is 6.02. The van der Waals surface area contributed by atoms with Crippen LogP contribution in [0.2, 0.25) is 0 Å². The van der Waals surface area contributed by atoms with Crippen molar-refractivity contribution in [1.82, 2.24) is 10.2 Å². The summed E-state index contributed by atoms with van der Waals surface area (Å²) in [5, 5.41) is 6.08. The number of hydrogen-bond donors (Lipinski definition) is 2. The van der Waals surface area contributed by atoms with Gasteiger partial charge in [-0.1, -0.05) is 49.6 Å². The van der Waals surface area contributed by atoms with E-state index in [1.165, 1.54) is 17.0 Å². The van der Waals surface area contributed by atoms with E-state index in [9.17, 15) is 18.8 Å². The molecule has 2 saturated heterocycles. The highest BCUT2D eigenvalue weighted by Gasteiger charge is 2.72. The summed E-state index contributed by atoms with van der Waals surface area (Å²) in [7, 11) is 1.55. The van der Waals surface area contributed by atoms with Gasteiger partial charge >= 0.3 is 0 Å². The van der Waals surface area contributed by atoms with E-state index in [4.69, 9.17) is 9.47 Å². The van der Waals surface area contributed by atoms with Crippen molar-refractivity contribution in [2.45, 2.75) is 62.4 Å². The summed E-state index contributed by atoms with van der Waals surface area (Å²) in [6.45, 7) is 0.103. The molecule has 6 rings (SSSR count). The number of fused-ring (bicyclic) bond motifs is 1. The highest BCUT2D eigenvalue weighted by Crippen LogP contribution is 2.55. The van der Waals surface area contributed by atoms with Crippen LogP contribution >= 0.6 is 0 Å². The maximum atomic E-state index is 14.1. The summed E-state index contributed by atoms with van der Waals surface area (Å²) in [4.78, 5) is 43.1. The van der Waals surface area contributed by atoms with Crippen molar-refractivity contribution >= 4 is 23.4 Å². The normalized spacial score (nSPS) is 29.4. The first-order valence-corrected chi connectivity index (χ1v) is 13.6. The number of methoxy groups -OCH3 is 1. The maximum Gasteiger partial charge on any atom is 0.246 e. The van der Waals surface area contributed by atoms with E-state index < -0.39 is 29.6 Å². The zero-order chi connectivity index (χ0) is 27.1. The Kier molecular flexibility index (Phi) is 6.62. The molecule has 8 nitrogen and oxygen atoms in total. The third-order valence-electron chi connectivity index (χ3n) is 8.48. The molecule has 2 aromatic rings. The fourth-order valence-electron chi connectivity index (χ4n) is 6.68. The minimum Gasteiger partial charge on any atom is -0.497 e. The summed E-state index contributed by atoms with van der Waals surface area (Å²) in [6.07, 6.45) is 8.00. The number of nitrogens with one attached hydrogen (secondary N) is 2. The number of carbonyl (C=O) groups is 3. The Morgan fingerprint density at radius 2 is 1.87 bits per heavy atom. The Hall–Kier alpha value is -3.72. The summed E-state index contributed by atoms with van der Waals surface area (Å²) in [6, 6.07) is 12.0. The third-order valence-corrected chi connectivity index (χ3v) is 8.48. The Bertz CT molecular complexity index is 1310. The molecule has 2 N–H and O–H groups in total. The van der Waals surface area contributed by atoms with Gasteiger partial charge in [-0.2, -0.15) is 0 Å². The van der Waals surface area contributed by atoms with Crippen LogP contribution in [0.1, 0.15) is 37.7 Å². The largest absolute Gasteiger partial charge is 0.497 e. The van der Waals surface area contributed by atoms with Gasteiger partial charge < -0.3 is 25.0 Å². The molecule has 1 aliphatic carbocycles. The number of rotatable bonds is 7. The van der Waals surface area contributed by atoms with E-state index in [0.717, 1.165) is 32.1 Å². The number of likely N-dealkylation sites (tertiary alicyclic amines) is 1. The van der Waals surface area contributed by atoms with Crippen LogP contribution in [-0.2, 0) is 25.7 Å². The molecular weight excluding hydrogens is 501 g/mol. The Balaban J connectivity index is 1.32. The van der Waals surface area contributed by atoms with Gasteiger partial charge in [-0.3, -0.25) is 14.4 Å². The van der Waals surface area contributed by atoms with E-state index in [1.54, 1.807) is 55.7 Å². The lowest BCUT2D eigenvalue weighted by molar-refractivity contribution is -0.142. The van der Waals surface area contributed by atoms with Crippen molar-refractivity contribution in [1.29, 1.82) is 0 Å². The van der Waals surface area contributed by atoms with E-state index in [0.29, 0.717) is 17.0 Å². The SMILES string of the molecule is COc1cccc(NC(=O)[C@@H]2[C@@H]3C=C[C@]4(O3)[C@@H]2C(=O)N(Cc2ccc(F)cc2)[C@H]4C(=O)NC2CCCCC2)c1. The monoisotopic (exact) mass is 533 g/mol. The minimum atomic E-state index is -1.25. The molecule has 4 aliphatic rings. The number of nitrogens with zero attached hydrogens (tertiary/aromatic N) is 1. The van der Waals surface area contributed by atoms with Gasteiger partial charge in [-0.25, -0.2) is 4.39 Å². The topological polar surface area (TPSA) is 97.0 Å². The predicted octanol–water partition coefficient (Wildman–Crippen LogP) is 3.57. The Morgan fingerprint density at radius 1 is 1.10 bits per heavy atom. The molecule has 1 spiro atoms. The van der Waals surface area contributed by atoms with Crippen LogP contribution < -0.4 is 15.4 Å². The van der Waals surface area contributed by atoms with Crippen molar-refractivity contribution in [3.8, 4) is 5.75 Å². The van der Waals surface area contributed by atoms with Crippen molar-refractivity contribution < 1.29 is 28.2 Å². The van der Waals surface area contributed by atoms with E-state index in [1.807, 2.05) is 0 Å². The summed E-state index contributed by atoms with van der Waals surface area (Å²) < 4.78 is 25.3. The maximum absolute atomic E-state index is 14.1. The van der Waals surface area contributed by atoms with Crippen molar-refractivity contribution in [2.75, 3.05) is 12.4 Å². The molecule has 0 unspecified atom stereocenters. The summed E-state index contributed by atoms with van der Waals surface area (Å²) in [5.41, 5.74) is -0.0236. The molecule has 3 heterocycles. The van der Waals surface area contributed by atoms with Gasteiger partial charge in [0, 0.05) is 24.3 Å². The number of carbonyl (C=O) groups excluding carboxylic acids is 3. The second-order valence-corrected chi connectivity index (χ2v) is 10.9. The van der Waals surface area contributed by atoms with Gasteiger partial charge in [0.1, 0.15) is 23.2 Å². The fraction of sp³-hybridized carbons (Fsp3) is 0.433. The van der Waals surface area contributed by atoms with Crippen LogP contribution in [0.25, 0.3) is 0 Å². The van der Waals surface area contributed by atoms with Crippen LogP contribution in [0.15, 0.2) is 60.7 Å². The smallest absolute Gasteiger partial charge is 0.246 e. The molecule has 3 amide bonds. The second kappa shape index (κ2) is 10.1. The molecule has 9 heteroatoms. The van der Waals surface area contributed by atoms with Crippen LogP contribution in [0.3, 0.4) is 0 Å². The minimum absolute atomic E-state index is 0.0409. The van der Waals surface area contributed by atoms with E-state index in [-0.39, 0.29) is 36.1 Å². The van der Waals surface area contributed by atoms with Crippen LogP contribution in [0.4, 0.5) is 10.1 Å². The van der Waals surface area contributed by atoms with Crippen molar-refractivity contribution in [3.63, 3.8) is 0 Å². The van der Waals surface area contributed by atoms with Gasteiger partial charge in [0.15, 0.2) is 0 Å². The van der Waals surface area contributed by atoms with Crippen molar-refractivity contribution in [3.05, 3.63) is 72.1 Å². The van der Waals surface area contributed by atoms with Crippen LogP contribution in [0.5, 0.6) is 5.75 Å². The Morgan fingerprint density at radius 3 is 2.62 bits per heavy atom. The molecule has 2 aromatic carbocycles. The lowest BCUT2D eigenvalue weighted by Gasteiger charge is -2.34. The number of ether oxygens (including phenoxy) is 2. The van der Waals surface area contributed by atoms with Crippen LogP contribution in [0, 0.1) is 17.7 Å². The first-order chi connectivity index (χ1) is 18.9. The van der Waals surface area contributed by atoms with Gasteiger partial charge in [0.25, 0.3) is 0 Å². The molecule has 204 valence electrons. The summed E-state index contributed by atoms with van der Waals surface area (Å²) >= 11 is 0. The first-order valence-electron chi connectivity index (χ1n) is 13.6. The summed E-state index contributed by atoms with van der Waals surface area (Å²) in [5.74, 6) is -2.41. The van der Waals surface area contributed by atoms with Gasteiger partial charge in [0.05, 0.1) is 25.0 Å². The predicted molar refractivity (Wildman–Crippen MR) is 141 cm³/mol. The standard InChI is InChI=1S/C30H32FN3O5/c1-38-22-9-5-8-21(16-22)33-27(35)24-23-14-15-30(39-23)25(24)29(37)34(17-18-10-12-19(31)13-11-18)26(30)28(36)32-20-6-3-2-4-7-20/h5,8-16,20,23-26H,2-4,6-7,17H2,1H3,(H,32,36)(H,33,35)/t23-,24+,25-,26-,30-/m0/s1. The number of halogens is 1. The molecule has 1 saturated carbocycles. The van der Waals surface area contributed by atoms with E-state index >= 15 is 0 Å². The molecule has 5 atom stereocenters. The van der Waals surface area contributed by atoms with Crippen molar-refractivity contribution in [2.24, 2.45) is 11.8 Å². The molecule has 2 bridgehead atoms. The lowest BCUT2D eigenvalue weighted by atomic mass is 9.74. The quantitative estimate of drug-likeness (QED) is 0.531. The lowest BCUT2D eigenvalue weighted by Crippen LogP contribution is -2.56. The molecule has 3 aliphatic heterocycles. The number of amides is 3. The zero-order valence-electron chi connectivity index (χ0n) is 21.8. The average molecular weight is 534 g/mol. The molecule has 3 fully saturated rings. The highest BCUT2D eigenvalue weighted by atomic mass is 19.1. The van der Waals surface area contributed by atoms with Gasteiger partial charge in [-0.15, -0.1) is 0 Å². The zero-order valence-corrected chi connectivity index (χ0v) is 21.8. The third kappa shape index (κ3) is 4.48. The molecule has 0 aromatic heterocycles. The number of anilines is 1. The van der Waals surface area contributed by atoms with Crippen LogP contribution in [-0.4, -0.2) is 53.5 Å². The Labute approximate surface area is 226 Å². The van der Waals surface area contributed by atoms with Gasteiger partial charge in [0.2, 0.25) is 17.7 Å².